The van der Waals surface area contributed by atoms with E-state index in [0.717, 1.165) is 20.9 Å². The van der Waals surface area contributed by atoms with Gasteiger partial charge in [-0.1, -0.05) is 28.1 Å². The lowest BCUT2D eigenvalue weighted by Crippen LogP contribution is -2.14. The first-order valence-corrected chi connectivity index (χ1v) is 8.37. The summed E-state index contributed by atoms with van der Waals surface area (Å²) in [7, 11) is 0. The number of rotatable bonds is 6. The lowest BCUT2D eigenvalue weighted by Gasteiger charge is -2.06. The second-order valence-electron chi connectivity index (χ2n) is 5.34. The van der Waals surface area contributed by atoms with Gasteiger partial charge in [-0.3, -0.25) is 9.79 Å². The van der Waals surface area contributed by atoms with Gasteiger partial charge in [0.15, 0.2) is 5.78 Å². The molecule has 0 aliphatic carbocycles. The number of hydrogen-bond donors (Lipinski definition) is 1. The van der Waals surface area contributed by atoms with Crippen molar-refractivity contribution in [2.45, 2.75) is 0 Å². The second kappa shape index (κ2) is 7.77. The van der Waals surface area contributed by atoms with E-state index in [1.165, 1.54) is 0 Å². The Kier molecular flexibility index (Phi) is 5.26. The van der Waals surface area contributed by atoms with E-state index in [-0.39, 0.29) is 18.9 Å². The molecule has 0 saturated carbocycles. The van der Waals surface area contributed by atoms with Crippen LogP contribution in [0.1, 0.15) is 11.1 Å². The van der Waals surface area contributed by atoms with Crippen LogP contribution in [0.4, 0.5) is 0 Å². The Morgan fingerprint density at radius 2 is 2.20 bits per heavy atom. The molecule has 0 fully saturated rings. The number of aliphatic imine (C=N–C) groups is 1. The van der Waals surface area contributed by atoms with E-state index in [2.05, 4.69) is 25.9 Å². The van der Waals surface area contributed by atoms with Gasteiger partial charge in [-0.2, -0.15) is 5.26 Å². The Morgan fingerprint density at radius 1 is 1.32 bits per heavy atom. The minimum atomic E-state index is -0.163. The zero-order valence-corrected chi connectivity index (χ0v) is 14.8. The summed E-state index contributed by atoms with van der Waals surface area (Å²) >= 11 is 3.29. The lowest BCUT2D eigenvalue weighted by molar-refractivity contribution is -0.119. The van der Waals surface area contributed by atoms with Gasteiger partial charge in [-0.05, 0) is 30.3 Å². The van der Waals surface area contributed by atoms with Gasteiger partial charge in [0.1, 0.15) is 25.0 Å². The average molecular weight is 396 g/mol. The van der Waals surface area contributed by atoms with Gasteiger partial charge in [-0.15, -0.1) is 0 Å². The molecule has 25 heavy (non-hydrogen) atoms. The largest absolute Gasteiger partial charge is 0.484 e. The van der Waals surface area contributed by atoms with Crippen molar-refractivity contribution in [2.75, 3.05) is 13.2 Å². The molecule has 1 aromatic heterocycles. The highest BCUT2D eigenvalue weighted by molar-refractivity contribution is 9.10. The van der Waals surface area contributed by atoms with Crippen LogP contribution in [0, 0.1) is 11.3 Å². The number of nitrogens with one attached hydrogen (secondary N) is 1. The van der Waals surface area contributed by atoms with Crippen molar-refractivity contribution >= 4 is 38.8 Å². The van der Waals surface area contributed by atoms with E-state index in [0.29, 0.717) is 11.3 Å². The van der Waals surface area contributed by atoms with E-state index < -0.39 is 0 Å². The van der Waals surface area contributed by atoms with Crippen LogP contribution in [0.15, 0.2) is 58.1 Å². The number of fused-ring (bicyclic) bond motifs is 1. The van der Waals surface area contributed by atoms with Crippen molar-refractivity contribution in [2.24, 2.45) is 4.99 Å². The third-order valence-corrected chi connectivity index (χ3v) is 4.07. The van der Waals surface area contributed by atoms with Gasteiger partial charge >= 0.3 is 0 Å². The van der Waals surface area contributed by atoms with E-state index in [4.69, 9.17) is 10.00 Å². The van der Waals surface area contributed by atoms with Crippen molar-refractivity contribution in [1.29, 1.82) is 5.26 Å². The molecule has 124 valence electrons. The number of Topliss-reactive ketones (excluding diaryl/α,β-unsaturated/α-hetero) is 1. The van der Waals surface area contributed by atoms with Gasteiger partial charge < -0.3 is 9.72 Å². The van der Waals surface area contributed by atoms with Gasteiger partial charge in [0, 0.05) is 33.4 Å². The van der Waals surface area contributed by atoms with Crippen molar-refractivity contribution in [1.82, 2.24) is 4.98 Å². The van der Waals surface area contributed by atoms with Crippen LogP contribution in [-0.2, 0) is 4.79 Å². The summed E-state index contributed by atoms with van der Waals surface area (Å²) in [4.78, 5) is 19.3. The molecule has 0 unspecified atom stereocenters. The molecule has 3 aromatic rings. The number of H-pyrrole nitrogens is 1. The zero-order valence-electron chi connectivity index (χ0n) is 13.2. The molecule has 0 atom stereocenters. The van der Waals surface area contributed by atoms with Crippen molar-refractivity contribution in [3.63, 3.8) is 0 Å². The second-order valence-corrected chi connectivity index (χ2v) is 6.25. The summed E-state index contributed by atoms with van der Waals surface area (Å²) in [6.45, 7) is -0.0960. The van der Waals surface area contributed by atoms with Gasteiger partial charge in [0.2, 0.25) is 0 Å². The topological polar surface area (TPSA) is 78.2 Å². The fourth-order valence-corrected chi connectivity index (χ4v) is 2.75. The van der Waals surface area contributed by atoms with Crippen molar-refractivity contribution in [3.05, 3.63) is 64.3 Å². The first kappa shape index (κ1) is 16.9. The summed E-state index contributed by atoms with van der Waals surface area (Å²) in [5.74, 6) is 0.226. The highest BCUT2D eigenvalue weighted by Gasteiger charge is 2.07. The molecule has 6 heteroatoms. The van der Waals surface area contributed by atoms with Gasteiger partial charge in [0.05, 0.1) is 5.56 Å². The molecule has 0 bridgehead atoms. The molecule has 1 heterocycles. The summed E-state index contributed by atoms with van der Waals surface area (Å²) in [5, 5.41) is 10.1. The summed E-state index contributed by atoms with van der Waals surface area (Å²) < 4.78 is 6.22. The number of benzene rings is 2. The number of halogens is 1. The Labute approximate surface area is 153 Å². The fraction of sp³-hybridized carbons (Fsp3) is 0.105. The van der Waals surface area contributed by atoms with E-state index in [1.807, 2.05) is 36.5 Å². The standard InChI is InChI=1S/C19H14BrN3O2/c20-15-4-5-19(14(8-15)9-21)25-12-16(24)11-22-10-13-2-1-3-18-17(13)6-7-23-18/h1-8,10,23H,11-12H2. The maximum atomic E-state index is 11.9. The van der Waals surface area contributed by atoms with E-state index in [1.54, 1.807) is 24.4 Å². The van der Waals surface area contributed by atoms with Crippen LogP contribution in [0.2, 0.25) is 0 Å². The number of aromatic amines is 1. The molecule has 0 aliphatic heterocycles. The molecule has 1 N–H and O–H groups in total. The first-order chi connectivity index (χ1) is 12.2. The summed E-state index contributed by atoms with van der Waals surface area (Å²) in [6, 6.07) is 14.9. The molecule has 3 rings (SSSR count). The minimum Gasteiger partial charge on any atom is -0.484 e. The molecule has 0 aliphatic rings. The minimum absolute atomic E-state index is 0.0270. The number of aromatic nitrogens is 1. The Bertz CT molecular complexity index is 986. The van der Waals surface area contributed by atoms with E-state index >= 15 is 0 Å². The number of hydrogen-bond acceptors (Lipinski definition) is 4. The number of carbonyl (C=O) groups is 1. The highest BCUT2D eigenvalue weighted by Crippen LogP contribution is 2.22. The highest BCUT2D eigenvalue weighted by atomic mass is 79.9. The molecule has 0 saturated heterocycles. The number of ketones is 1. The quantitative estimate of drug-likeness (QED) is 0.643. The predicted molar refractivity (Wildman–Crippen MR) is 100 cm³/mol. The Hall–Kier alpha value is -2.91. The third kappa shape index (κ3) is 4.14. The Balaban J connectivity index is 1.58. The van der Waals surface area contributed by atoms with E-state index in [9.17, 15) is 4.79 Å². The number of ether oxygens (including phenoxy) is 1. The third-order valence-electron chi connectivity index (χ3n) is 3.58. The number of nitrogens with zero attached hydrogens (tertiary/aromatic N) is 2. The molecule has 0 radical (unpaired) electrons. The molecule has 0 amide bonds. The van der Waals surface area contributed by atoms with Crippen LogP contribution in [-0.4, -0.2) is 30.1 Å². The van der Waals surface area contributed by atoms with Crippen LogP contribution < -0.4 is 4.74 Å². The fourth-order valence-electron chi connectivity index (χ4n) is 2.39. The Morgan fingerprint density at radius 3 is 3.04 bits per heavy atom. The smallest absolute Gasteiger partial charge is 0.191 e. The van der Waals surface area contributed by atoms with Crippen LogP contribution in [0.25, 0.3) is 10.9 Å². The molecular formula is C19H14BrN3O2. The van der Waals surface area contributed by atoms with Gasteiger partial charge in [-0.25, -0.2) is 0 Å². The predicted octanol–water partition coefficient (Wildman–Crippen LogP) is 3.87. The van der Waals surface area contributed by atoms with Crippen LogP contribution >= 0.6 is 15.9 Å². The SMILES string of the molecule is N#Cc1cc(Br)ccc1OCC(=O)CN=Cc1cccc2[nH]ccc12. The molecular weight excluding hydrogens is 382 g/mol. The number of nitriles is 1. The monoisotopic (exact) mass is 395 g/mol. The van der Waals surface area contributed by atoms with Crippen LogP contribution in [0.3, 0.4) is 0 Å². The average Bonchev–Trinajstić information content (AvgIpc) is 3.10. The number of carbonyl (C=O) groups excluding carboxylic acids is 1. The summed E-state index contributed by atoms with van der Waals surface area (Å²) in [5.41, 5.74) is 2.36. The van der Waals surface area contributed by atoms with Crippen LogP contribution in [0.5, 0.6) is 5.75 Å². The first-order valence-electron chi connectivity index (χ1n) is 7.57. The van der Waals surface area contributed by atoms with Gasteiger partial charge in [0.25, 0.3) is 0 Å². The molecule has 2 aromatic carbocycles. The lowest BCUT2D eigenvalue weighted by atomic mass is 10.1. The molecule has 0 spiro atoms. The normalized spacial score (nSPS) is 10.9. The zero-order chi connectivity index (χ0) is 17.6. The van der Waals surface area contributed by atoms with Crippen molar-refractivity contribution in [3.8, 4) is 11.8 Å². The maximum absolute atomic E-state index is 11.9. The van der Waals surface area contributed by atoms with Crippen molar-refractivity contribution < 1.29 is 9.53 Å². The summed E-state index contributed by atoms with van der Waals surface area (Å²) in [6.07, 6.45) is 3.56. The maximum Gasteiger partial charge on any atom is 0.191 e. The molecule has 5 nitrogen and oxygen atoms in total.